The van der Waals surface area contributed by atoms with Crippen molar-refractivity contribution in [3.8, 4) is 11.5 Å². The number of hydrogen-bond donors (Lipinski definition) is 2. The Kier molecular flexibility index (Phi) is 15.3. The van der Waals surface area contributed by atoms with Crippen LogP contribution in [0.3, 0.4) is 0 Å². The lowest BCUT2D eigenvalue weighted by Crippen LogP contribution is -2.42. The molecule has 8 heteroatoms. The molecule has 2 N–H and O–H groups in total. The number of nitrogens with one attached hydrogen (secondary N) is 2. The highest BCUT2D eigenvalue weighted by Gasteiger charge is 2.12. The minimum atomic E-state index is 0. The minimum Gasteiger partial charge on any atom is -0.493 e. The Morgan fingerprint density at radius 3 is 2.48 bits per heavy atom. The quantitative estimate of drug-likeness (QED) is 0.232. The molecule has 6 nitrogen and oxygen atoms in total. The molecule has 0 amide bonds. The van der Waals surface area contributed by atoms with E-state index in [1.54, 1.807) is 14.2 Å². The summed E-state index contributed by atoms with van der Waals surface area (Å²) in [6, 6.07) is 4.17. The monoisotopic (exact) mass is 540 g/mol. The number of benzene rings is 1. The van der Waals surface area contributed by atoms with Crippen LogP contribution in [0.4, 0.5) is 0 Å². The van der Waals surface area contributed by atoms with Gasteiger partial charge in [-0.2, -0.15) is 0 Å². The second-order valence-corrected chi connectivity index (χ2v) is 7.09. The van der Waals surface area contributed by atoms with Crippen LogP contribution in [-0.4, -0.2) is 57.3 Å². The largest absolute Gasteiger partial charge is 0.493 e. The van der Waals surface area contributed by atoms with Crippen LogP contribution in [0.5, 0.6) is 11.5 Å². The second-order valence-electron chi connectivity index (χ2n) is 6.68. The molecule has 0 aliphatic carbocycles. The van der Waals surface area contributed by atoms with Gasteiger partial charge in [-0.05, 0) is 64.0 Å². The summed E-state index contributed by atoms with van der Waals surface area (Å²) in [5, 5.41) is 7.34. The van der Waals surface area contributed by atoms with Gasteiger partial charge in [-0.3, -0.25) is 4.99 Å². The first kappa shape index (κ1) is 28.1. The van der Waals surface area contributed by atoms with Gasteiger partial charge in [-0.1, -0.05) is 25.4 Å². The van der Waals surface area contributed by atoms with Crippen LogP contribution in [-0.2, 0) is 6.54 Å². The Morgan fingerprint density at radius 1 is 1.24 bits per heavy atom. The second kappa shape index (κ2) is 15.8. The van der Waals surface area contributed by atoms with Crippen LogP contribution >= 0.6 is 35.6 Å². The van der Waals surface area contributed by atoms with Crippen LogP contribution in [0.2, 0.25) is 5.02 Å². The molecule has 0 radical (unpaired) electrons. The highest BCUT2D eigenvalue weighted by atomic mass is 127. The number of nitrogens with zero attached hydrogens (tertiary/aromatic N) is 2. The number of halogens is 2. The molecule has 1 aromatic carbocycles. The maximum absolute atomic E-state index is 6.35. The first-order chi connectivity index (χ1) is 13.5. The SMILES string of the molecule is CCOc1c(Cl)cc(CNC(=NC)NC(C)CCCN(CC)CC)cc1OC.I. The molecule has 0 spiro atoms. The van der Waals surface area contributed by atoms with Gasteiger partial charge in [0.1, 0.15) is 0 Å². The minimum absolute atomic E-state index is 0. The van der Waals surface area contributed by atoms with Crippen molar-refractivity contribution in [2.75, 3.05) is 40.4 Å². The van der Waals surface area contributed by atoms with Gasteiger partial charge in [0.15, 0.2) is 17.5 Å². The Labute approximate surface area is 198 Å². The van der Waals surface area contributed by atoms with Crippen molar-refractivity contribution in [2.24, 2.45) is 4.99 Å². The van der Waals surface area contributed by atoms with E-state index in [0.717, 1.165) is 37.6 Å². The number of aliphatic imine (C=N–C) groups is 1. The number of rotatable bonds is 12. The van der Waals surface area contributed by atoms with Crippen LogP contribution in [0, 0.1) is 0 Å². The highest BCUT2D eigenvalue weighted by molar-refractivity contribution is 14.0. The Balaban J connectivity index is 0.00000784. The fourth-order valence-electron chi connectivity index (χ4n) is 3.01. The summed E-state index contributed by atoms with van der Waals surface area (Å²) in [7, 11) is 3.40. The summed E-state index contributed by atoms with van der Waals surface area (Å²) < 4.78 is 11.0. The van der Waals surface area contributed by atoms with E-state index in [1.165, 1.54) is 6.42 Å². The van der Waals surface area contributed by atoms with Crippen LogP contribution in [0.1, 0.15) is 46.1 Å². The Hall–Kier alpha value is -0.930. The molecular formula is C21H38ClIN4O2. The van der Waals surface area contributed by atoms with E-state index < -0.39 is 0 Å². The van der Waals surface area contributed by atoms with E-state index in [2.05, 4.69) is 41.3 Å². The third-order valence-electron chi connectivity index (χ3n) is 4.65. The number of methoxy groups -OCH3 is 1. The van der Waals surface area contributed by atoms with E-state index >= 15 is 0 Å². The predicted octanol–water partition coefficient (Wildman–Crippen LogP) is 4.54. The summed E-state index contributed by atoms with van der Waals surface area (Å²) in [5.74, 6) is 2.00. The zero-order valence-electron chi connectivity index (χ0n) is 18.7. The molecule has 1 atom stereocenters. The van der Waals surface area contributed by atoms with Crippen molar-refractivity contribution in [2.45, 2.75) is 53.1 Å². The summed E-state index contributed by atoms with van der Waals surface area (Å²) in [5.41, 5.74) is 1.00. The molecule has 0 fully saturated rings. The van der Waals surface area contributed by atoms with E-state index in [9.17, 15) is 0 Å². The highest BCUT2D eigenvalue weighted by Crippen LogP contribution is 2.36. The van der Waals surface area contributed by atoms with Gasteiger partial charge in [-0.15, -0.1) is 24.0 Å². The molecule has 29 heavy (non-hydrogen) atoms. The molecule has 1 unspecified atom stereocenters. The van der Waals surface area contributed by atoms with Crippen molar-refractivity contribution in [3.05, 3.63) is 22.7 Å². The first-order valence-corrected chi connectivity index (χ1v) is 10.5. The summed E-state index contributed by atoms with van der Waals surface area (Å²) in [6.45, 7) is 13.0. The van der Waals surface area contributed by atoms with Gasteiger partial charge >= 0.3 is 0 Å². The number of ether oxygens (including phenoxy) is 2. The number of guanidine groups is 1. The molecule has 0 heterocycles. The normalized spacial score (nSPS) is 12.3. The number of hydrogen-bond acceptors (Lipinski definition) is 4. The topological polar surface area (TPSA) is 58.1 Å². The Bertz CT molecular complexity index is 613. The molecule has 168 valence electrons. The molecular weight excluding hydrogens is 503 g/mol. The summed E-state index contributed by atoms with van der Waals surface area (Å²) in [6.07, 6.45) is 2.26. The molecule has 1 rings (SSSR count). The third-order valence-corrected chi connectivity index (χ3v) is 4.93. The van der Waals surface area contributed by atoms with E-state index in [0.29, 0.717) is 35.7 Å². The van der Waals surface area contributed by atoms with Crippen molar-refractivity contribution in [1.29, 1.82) is 0 Å². The average Bonchev–Trinajstić information content (AvgIpc) is 2.70. The van der Waals surface area contributed by atoms with E-state index in [-0.39, 0.29) is 24.0 Å². The molecule has 0 aliphatic rings. The lowest BCUT2D eigenvalue weighted by molar-refractivity contribution is 0.292. The van der Waals surface area contributed by atoms with Gasteiger partial charge in [0.2, 0.25) is 0 Å². The van der Waals surface area contributed by atoms with Crippen molar-refractivity contribution < 1.29 is 9.47 Å². The average molecular weight is 541 g/mol. The third kappa shape index (κ3) is 10.1. The van der Waals surface area contributed by atoms with E-state index in [4.69, 9.17) is 21.1 Å². The van der Waals surface area contributed by atoms with Crippen molar-refractivity contribution >= 4 is 41.5 Å². The summed E-state index contributed by atoms with van der Waals surface area (Å²) >= 11 is 6.35. The molecule has 0 bridgehead atoms. The molecule has 0 saturated carbocycles. The Morgan fingerprint density at radius 2 is 1.93 bits per heavy atom. The van der Waals surface area contributed by atoms with Gasteiger partial charge in [0, 0.05) is 19.6 Å². The lowest BCUT2D eigenvalue weighted by atomic mass is 10.1. The lowest BCUT2D eigenvalue weighted by Gasteiger charge is -2.21. The smallest absolute Gasteiger partial charge is 0.191 e. The zero-order valence-corrected chi connectivity index (χ0v) is 21.8. The van der Waals surface area contributed by atoms with Crippen LogP contribution < -0.4 is 20.1 Å². The zero-order chi connectivity index (χ0) is 20.9. The van der Waals surface area contributed by atoms with Gasteiger partial charge in [-0.25, -0.2) is 0 Å². The van der Waals surface area contributed by atoms with Crippen LogP contribution in [0.25, 0.3) is 0 Å². The van der Waals surface area contributed by atoms with Crippen LogP contribution in [0.15, 0.2) is 17.1 Å². The van der Waals surface area contributed by atoms with Gasteiger partial charge in [0.05, 0.1) is 18.7 Å². The maximum atomic E-state index is 6.35. The fourth-order valence-corrected chi connectivity index (χ4v) is 3.29. The first-order valence-electron chi connectivity index (χ1n) is 10.2. The standard InChI is InChI=1S/C21H37ClN4O2.HI/c1-7-26(8-2)12-10-11-16(4)25-21(23-5)24-15-17-13-18(22)20(28-9-3)19(14-17)27-6;/h13-14,16H,7-12,15H2,1-6H3,(H2,23,24,25);1H. The van der Waals surface area contributed by atoms with Gasteiger partial charge < -0.3 is 25.0 Å². The maximum Gasteiger partial charge on any atom is 0.191 e. The molecule has 0 saturated heterocycles. The summed E-state index contributed by atoms with van der Waals surface area (Å²) in [4.78, 5) is 6.77. The van der Waals surface area contributed by atoms with E-state index in [1.807, 2.05) is 19.1 Å². The fraction of sp³-hybridized carbons (Fsp3) is 0.667. The molecule has 0 aliphatic heterocycles. The molecule has 0 aromatic heterocycles. The molecule has 1 aromatic rings. The van der Waals surface area contributed by atoms with Crippen molar-refractivity contribution in [1.82, 2.24) is 15.5 Å². The predicted molar refractivity (Wildman–Crippen MR) is 134 cm³/mol. The van der Waals surface area contributed by atoms with Gasteiger partial charge in [0.25, 0.3) is 0 Å². The van der Waals surface area contributed by atoms with Crippen molar-refractivity contribution in [3.63, 3.8) is 0 Å².